The first kappa shape index (κ1) is 19.9. The molecule has 1 saturated carbocycles. The van der Waals surface area contributed by atoms with Crippen molar-refractivity contribution in [2.75, 3.05) is 31.1 Å². The number of aromatic nitrogens is 8. The van der Waals surface area contributed by atoms with Crippen LogP contribution in [0.25, 0.3) is 11.2 Å². The molecule has 1 aliphatic heterocycles. The number of hydrogen-bond donors (Lipinski definition) is 0. The summed E-state index contributed by atoms with van der Waals surface area (Å²) in [6, 6.07) is 0.431. The third-order valence-electron chi connectivity index (χ3n) is 6.70. The van der Waals surface area contributed by atoms with Gasteiger partial charge in [0.25, 0.3) is 5.56 Å². The van der Waals surface area contributed by atoms with Crippen LogP contribution in [-0.2, 0) is 27.7 Å². The molecule has 0 bridgehead atoms. The average molecular weight is 429 g/mol. The highest BCUT2D eigenvalue weighted by Gasteiger charge is 2.26. The van der Waals surface area contributed by atoms with Gasteiger partial charge in [-0.25, -0.2) is 9.48 Å². The lowest BCUT2D eigenvalue weighted by Crippen LogP contribution is -2.47. The summed E-state index contributed by atoms with van der Waals surface area (Å²) in [5.74, 6) is 1.64. The van der Waals surface area contributed by atoms with Gasteiger partial charge in [-0.2, -0.15) is 4.98 Å². The van der Waals surface area contributed by atoms with Gasteiger partial charge in [0.1, 0.15) is 0 Å². The predicted octanol–water partition coefficient (Wildman–Crippen LogP) is -0.605. The van der Waals surface area contributed by atoms with Gasteiger partial charge in [-0.3, -0.25) is 18.8 Å². The van der Waals surface area contributed by atoms with Gasteiger partial charge in [-0.1, -0.05) is 12.8 Å². The molecule has 1 saturated heterocycles. The first-order valence-corrected chi connectivity index (χ1v) is 10.8. The van der Waals surface area contributed by atoms with E-state index in [1.54, 1.807) is 11.6 Å². The van der Waals surface area contributed by atoms with Crippen molar-refractivity contribution >= 4 is 17.1 Å². The summed E-state index contributed by atoms with van der Waals surface area (Å²) in [5.41, 5.74) is 0.172. The van der Waals surface area contributed by atoms with Crippen LogP contribution < -0.4 is 16.1 Å². The largest absolute Gasteiger partial charge is 0.340 e. The van der Waals surface area contributed by atoms with Gasteiger partial charge in [0.15, 0.2) is 17.0 Å². The molecule has 0 radical (unpaired) electrons. The summed E-state index contributed by atoms with van der Waals surface area (Å²) >= 11 is 0. The van der Waals surface area contributed by atoms with Crippen LogP contribution in [0.2, 0.25) is 0 Å². The minimum Gasteiger partial charge on any atom is -0.340 e. The highest BCUT2D eigenvalue weighted by Crippen LogP contribution is 2.29. The standard InChI is InChI=1S/C19H28N10O2/c1-24-15-16(25(2)19(31)26(3)17(15)30)20-18(24)28-10-8-27(9-11-28)12-14-21-22-23-29(14)13-6-4-5-7-13/h13H,4-12H2,1-3H3. The number of nitrogens with zero attached hydrogens (tertiary/aromatic N) is 10. The van der Waals surface area contributed by atoms with Gasteiger partial charge in [0.2, 0.25) is 5.95 Å². The lowest BCUT2D eigenvalue weighted by atomic mass is 10.2. The molecule has 31 heavy (non-hydrogen) atoms. The third kappa shape index (κ3) is 3.25. The van der Waals surface area contributed by atoms with Crippen LogP contribution in [-0.4, -0.2) is 70.0 Å². The first-order valence-electron chi connectivity index (χ1n) is 10.8. The fraction of sp³-hybridized carbons (Fsp3) is 0.684. The predicted molar refractivity (Wildman–Crippen MR) is 114 cm³/mol. The molecule has 0 aromatic carbocycles. The quantitative estimate of drug-likeness (QED) is 0.541. The fourth-order valence-electron chi connectivity index (χ4n) is 4.84. The molecular formula is C19H28N10O2. The molecule has 5 rings (SSSR count). The highest BCUT2D eigenvalue weighted by atomic mass is 16.2. The van der Waals surface area contributed by atoms with Crippen LogP contribution >= 0.6 is 0 Å². The van der Waals surface area contributed by atoms with Crippen LogP contribution in [0.3, 0.4) is 0 Å². The van der Waals surface area contributed by atoms with E-state index < -0.39 is 0 Å². The van der Waals surface area contributed by atoms with Crippen molar-refractivity contribution in [1.82, 2.24) is 43.8 Å². The number of rotatable bonds is 4. The Balaban J connectivity index is 1.33. The monoisotopic (exact) mass is 428 g/mol. The van der Waals surface area contributed by atoms with Crippen molar-refractivity contribution in [2.45, 2.75) is 38.3 Å². The van der Waals surface area contributed by atoms with Gasteiger partial charge in [-0.05, 0) is 23.3 Å². The first-order chi connectivity index (χ1) is 15.0. The SMILES string of the molecule is Cn1c(=O)c2c(nc(N3CCN(Cc4nnnn4C4CCCC4)CC3)n2C)n(C)c1=O. The Labute approximate surface area is 178 Å². The van der Waals surface area contributed by atoms with Gasteiger partial charge in [0.05, 0.1) is 12.6 Å². The summed E-state index contributed by atoms with van der Waals surface area (Å²) in [4.78, 5) is 34.1. The van der Waals surface area contributed by atoms with Crippen molar-refractivity contribution in [3.63, 3.8) is 0 Å². The molecule has 3 aromatic heterocycles. The zero-order valence-electron chi connectivity index (χ0n) is 18.2. The summed E-state index contributed by atoms with van der Waals surface area (Å²) < 4.78 is 6.37. The molecule has 0 N–H and O–H groups in total. The Morgan fingerprint density at radius 3 is 2.35 bits per heavy atom. The number of hydrogen-bond acceptors (Lipinski definition) is 8. The summed E-state index contributed by atoms with van der Waals surface area (Å²) in [7, 11) is 4.97. The zero-order valence-corrected chi connectivity index (χ0v) is 18.2. The second kappa shape index (κ2) is 7.59. The maximum absolute atomic E-state index is 12.6. The Kier molecular flexibility index (Phi) is 4.88. The molecule has 12 heteroatoms. The summed E-state index contributed by atoms with van der Waals surface area (Å²) in [5, 5.41) is 12.4. The Morgan fingerprint density at radius 1 is 0.935 bits per heavy atom. The lowest BCUT2D eigenvalue weighted by molar-refractivity contribution is 0.234. The van der Waals surface area contributed by atoms with E-state index in [9.17, 15) is 9.59 Å². The van der Waals surface area contributed by atoms with Crippen LogP contribution in [0.4, 0.5) is 5.95 Å². The highest BCUT2D eigenvalue weighted by molar-refractivity contribution is 5.74. The Hall–Kier alpha value is -3.02. The molecule has 0 unspecified atom stereocenters. The lowest BCUT2D eigenvalue weighted by Gasteiger charge is -2.34. The van der Waals surface area contributed by atoms with Crippen LogP contribution in [0, 0.1) is 0 Å². The number of imidazole rings is 1. The maximum Gasteiger partial charge on any atom is 0.332 e. The fourth-order valence-corrected chi connectivity index (χ4v) is 4.84. The summed E-state index contributed by atoms with van der Waals surface area (Å²) in [6.07, 6.45) is 4.80. The van der Waals surface area contributed by atoms with E-state index in [2.05, 4.69) is 30.3 Å². The van der Waals surface area contributed by atoms with Crippen LogP contribution in [0.15, 0.2) is 9.59 Å². The van der Waals surface area contributed by atoms with Gasteiger partial charge in [0, 0.05) is 47.3 Å². The van der Waals surface area contributed by atoms with E-state index in [0.29, 0.717) is 23.2 Å². The number of tetrazole rings is 1. The van der Waals surface area contributed by atoms with Crippen LogP contribution in [0.5, 0.6) is 0 Å². The molecular weight excluding hydrogens is 400 g/mol. The van der Waals surface area contributed by atoms with Crippen LogP contribution in [0.1, 0.15) is 37.5 Å². The van der Waals surface area contributed by atoms with E-state index in [1.807, 2.05) is 11.7 Å². The smallest absolute Gasteiger partial charge is 0.332 e. The van der Waals surface area contributed by atoms with Crippen molar-refractivity contribution < 1.29 is 0 Å². The Morgan fingerprint density at radius 2 is 1.65 bits per heavy atom. The van der Waals surface area contributed by atoms with E-state index in [0.717, 1.165) is 56.0 Å². The van der Waals surface area contributed by atoms with Crippen molar-refractivity contribution in [2.24, 2.45) is 21.1 Å². The topological polar surface area (TPSA) is 112 Å². The Bertz CT molecular complexity index is 1220. The molecule has 3 aromatic rings. The van der Waals surface area contributed by atoms with E-state index in [-0.39, 0.29) is 11.2 Å². The molecule has 0 spiro atoms. The molecule has 2 fully saturated rings. The number of piperazine rings is 1. The normalized spacial score (nSPS) is 18.5. The average Bonchev–Trinajstić information content (AvgIpc) is 3.51. The molecule has 1 aliphatic carbocycles. The van der Waals surface area contributed by atoms with Gasteiger partial charge < -0.3 is 9.47 Å². The van der Waals surface area contributed by atoms with E-state index in [4.69, 9.17) is 0 Å². The van der Waals surface area contributed by atoms with Gasteiger partial charge in [-0.15, -0.1) is 5.10 Å². The maximum atomic E-state index is 12.6. The van der Waals surface area contributed by atoms with Gasteiger partial charge >= 0.3 is 5.69 Å². The number of fused-ring (bicyclic) bond motifs is 1. The number of aryl methyl sites for hydroxylation is 2. The molecule has 2 aliphatic rings. The zero-order chi connectivity index (χ0) is 21.7. The van der Waals surface area contributed by atoms with E-state index >= 15 is 0 Å². The minimum absolute atomic E-state index is 0.322. The third-order valence-corrected chi connectivity index (χ3v) is 6.70. The van der Waals surface area contributed by atoms with Crippen molar-refractivity contribution in [3.8, 4) is 0 Å². The van der Waals surface area contributed by atoms with Crippen molar-refractivity contribution in [3.05, 3.63) is 26.7 Å². The summed E-state index contributed by atoms with van der Waals surface area (Å²) in [6.45, 7) is 3.97. The number of anilines is 1. The second-order valence-corrected chi connectivity index (χ2v) is 8.59. The van der Waals surface area contributed by atoms with Crippen molar-refractivity contribution in [1.29, 1.82) is 0 Å². The molecule has 12 nitrogen and oxygen atoms in total. The minimum atomic E-state index is -0.369. The molecule has 0 atom stereocenters. The molecule has 166 valence electrons. The molecule has 4 heterocycles. The second-order valence-electron chi connectivity index (χ2n) is 8.59. The molecule has 0 amide bonds. The van der Waals surface area contributed by atoms with E-state index in [1.165, 1.54) is 24.5 Å².